The van der Waals surface area contributed by atoms with Crippen LogP contribution in [-0.2, 0) is 17.8 Å². The Morgan fingerprint density at radius 3 is 3.22 bits per heavy atom. The summed E-state index contributed by atoms with van der Waals surface area (Å²) >= 11 is 5.25. The number of aromatic nitrogens is 6. The molecule has 18 heavy (non-hydrogen) atoms. The maximum Gasteiger partial charge on any atom is 0.195 e. The lowest BCUT2D eigenvalue weighted by atomic mass is 10.2. The van der Waals surface area contributed by atoms with Crippen LogP contribution in [0.3, 0.4) is 0 Å². The quantitative estimate of drug-likeness (QED) is 0.827. The van der Waals surface area contributed by atoms with Crippen LogP contribution in [0.2, 0.25) is 0 Å². The van der Waals surface area contributed by atoms with Crippen molar-refractivity contribution in [2.24, 2.45) is 0 Å². The van der Waals surface area contributed by atoms with Crippen molar-refractivity contribution < 1.29 is 4.74 Å². The average Bonchev–Trinajstić information content (AvgIpc) is 3.08. The highest BCUT2D eigenvalue weighted by molar-refractivity contribution is 7.71. The summed E-state index contributed by atoms with van der Waals surface area (Å²) in [6.07, 6.45) is 5.60. The van der Waals surface area contributed by atoms with Crippen molar-refractivity contribution in [3.05, 3.63) is 23.3 Å². The highest BCUT2D eigenvalue weighted by atomic mass is 32.1. The molecule has 0 spiro atoms. The van der Waals surface area contributed by atoms with Crippen molar-refractivity contribution in [2.45, 2.75) is 32.0 Å². The van der Waals surface area contributed by atoms with Crippen LogP contribution in [0, 0.1) is 4.77 Å². The van der Waals surface area contributed by atoms with Gasteiger partial charge in [-0.1, -0.05) is 0 Å². The molecule has 96 valence electrons. The molecule has 0 aliphatic carbocycles. The van der Waals surface area contributed by atoms with E-state index in [1.807, 2.05) is 4.57 Å². The van der Waals surface area contributed by atoms with Gasteiger partial charge in [-0.2, -0.15) is 10.2 Å². The summed E-state index contributed by atoms with van der Waals surface area (Å²) < 4.78 is 9.95. The maximum atomic E-state index is 5.63. The van der Waals surface area contributed by atoms with Gasteiger partial charge in [0.05, 0.1) is 12.6 Å². The first kappa shape index (κ1) is 11.5. The Balaban J connectivity index is 1.79. The Hall–Kier alpha value is -1.54. The molecule has 3 rings (SSSR count). The lowest BCUT2D eigenvalue weighted by Crippen LogP contribution is -2.18. The minimum absolute atomic E-state index is 0.240. The Morgan fingerprint density at radius 1 is 1.56 bits per heavy atom. The van der Waals surface area contributed by atoms with Gasteiger partial charge in [-0.3, -0.25) is 9.67 Å². The van der Waals surface area contributed by atoms with Crippen molar-refractivity contribution in [2.75, 3.05) is 6.61 Å². The molecule has 0 amide bonds. The van der Waals surface area contributed by atoms with Gasteiger partial charge < -0.3 is 4.74 Å². The van der Waals surface area contributed by atoms with Gasteiger partial charge >= 0.3 is 0 Å². The van der Waals surface area contributed by atoms with Gasteiger partial charge in [-0.05, 0) is 25.1 Å². The van der Waals surface area contributed by atoms with Crippen LogP contribution in [0.25, 0.3) is 0 Å². The van der Waals surface area contributed by atoms with E-state index in [4.69, 9.17) is 17.0 Å². The molecular formula is C10H14N6OS. The van der Waals surface area contributed by atoms with Crippen LogP contribution in [0.1, 0.15) is 18.7 Å². The standard InChI is InChI=1S/C10H14N6OS/c18-10-14-13-9(5-15-7-11-6-12-15)16(10)4-8-2-1-3-17-8/h6-8H,1-5H2,(H,14,18). The summed E-state index contributed by atoms with van der Waals surface area (Å²) in [5, 5.41) is 11.1. The monoisotopic (exact) mass is 266 g/mol. The predicted molar refractivity (Wildman–Crippen MR) is 65.5 cm³/mol. The third kappa shape index (κ3) is 2.34. The number of hydrogen-bond acceptors (Lipinski definition) is 5. The summed E-state index contributed by atoms with van der Waals surface area (Å²) in [5.74, 6) is 0.848. The molecule has 2 aromatic heterocycles. The second-order valence-electron chi connectivity index (χ2n) is 4.28. The lowest BCUT2D eigenvalue weighted by Gasteiger charge is -2.12. The number of aromatic amines is 1. The lowest BCUT2D eigenvalue weighted by molar-refractivity contribution is 0.0958. The molecule has 1 N–H and O–H groups in total. The van der Waals surface area contributed by atoms with E-state index in [9.17, 15) is 0 Å². The van der Waals surface area contributed by atoms with E-state index in [-0.39, 0.29) is 6.10 Å². The first-order valence-corrected chi connectivity index (χ1v) is 6.32. The molecular weight excluding hydrogens is 252 g/mol. The van der Waals surface area contributed by atoms with E-state index in [2.05, 4.69) is 20.3 Å². The predicted octanol–water partition coefficient (Wildman–Crippen LogP) is 0.759. The van der Waals surface area contributed by atoms with E-state index in [0.29, 0.717) is 11.3 Å². The summed E-state index contributed by atoms with van der Waals surface area (Å²) in [6, 6.07) is 0. The van der Waals surface area contributed by atoms with Crippen molar-refractivity contribution in [1.82, 2.24) is 29.5 Å². The molecule has 1 saturated heterocycles. The number of hydrogen-bond donors (Lipinski definition) is 1. The first-order chi connectivity index (χ1) is 8.83. The first-order valence-electron chi connectivity index (χ1n) is 5.91. The molecule has 0 radical (unpaired) electrons. The van der Waals surface area contributed by atoms with Gasteiger partial charge in [0.25, 0.3) is 0 Å². The fourth-order valence-electron chi connectivity index (χ4n) is 2.11. The summed E-state index contributed by atoms with van der Waals surface area (Å²) in [4.78, 5) is 3.91. The van der Waals surface area contributed by atoms with E-state index < -0.39 is 0 Å². The molecule has 7 nitrogen and oxygen atoms in total. The fourth-order valence-corrected chi connectivity index (χ4v) is 2.34. The third-order valence-electron chi connectivity index (χ3n) is 3.02. The Bertz CT molecular complexity index is 553. The molecule has 1 aliphatic heterocycles. The van der Waals surface area contributed by atoms with Crippen LogP contribution < -0.4 is 0 Å². The third-order valence-corrected chi connectivity index (χ3v) is 3.33. The zero-order valence-corrected chi connectivity index (χ0v) is 10.6. The van der Waals surface area contributed by atoms with E-state index in [1.165, 1.54) is 6.33 Å². The number of H-pyrrole nitrogens is 1. The van der Waals surface area contributed by atoms with Crippen LogP contribution in [0.5, 0.6) is 0 Å². The van der Waals surface area contributed by atoms with Crippen molar-refractivity contribution in [3.63, 3.8) is 0 Å². The molecule has 1 aliphatic rings. The minimum atomic E-state index is 0.240. The molecule has 0 aromatic carbocycles. The van der Waals surface area contributed by atoms with Gasteiger partial charge in [0.1, 0.15) is 19.2 Å². The van der Waals surface area contributed by atoms with Gasteiger partial charge in [0.2, 0.25) is 0 Å². The van der Waals surface area contributed by atoms with Crippen LogP contribution in [0.15, 0.2) is 12.7 Å². The zero-order valence-electron chi connectivity index (χ0n) is 9.82. The highest BCUT2D eigenvalue weighted by Crippen LogP contribution is 2.15. The molecule has 1 fully saturated rings. The number of ether oxygens (including phenoxy) is 1. The second kappa shape index (κ2) is 4.99. The molecule has 0 saturated carbocycles. The Labute approximate surface area is 109 Å². The van der Waals surface area contributed by atoms with Crippen molar-refractivity contribution in [1.29, 1.82) is 0 Å². The van der Waals surface area contributed by atoms with Gasteiger partial charge in [0.15, 0.2) is 10.6 Å². The van der Waals surface area contributed by atoms with Crippen molar-refractivity contribution in [3.8, 4) is 0 Å². The summed E-state index contributed by atoms with van der Waals surface area (Å²) in [7, 11) is 0. The minimum Gasteiger partial charge on any atom is -0.376 e. The molecule has 0 bridgehead atoms. The van der Waals surface area contributed by atoms with Crippen LogP contribution in [-0.4, -0.2) is 42.2 Å². The van der Waals surface area contributed by atoms with Crippen molar-refractivity contribution >= 4 is 12.2 Å². The van der Waals surface area contributed by atoms with E-state index in [0.717, 1.165) is 31.8 Å². The van der Waals surface area contributed by atoms with Gasteiger partial charge in [-0.15, -0.1) is 0 Å². The maximum absolute atomic E-state index is 5.63. The molecule has 1 atom stereocenters. The number of nitrogens with one attached hydrogen (secondary N) is 1. The SMILES string of the molecule is S=c1[nH]nc(Cn2cncn2)n1CC1CCCO1. The van der Waals surface area contributed by atoms with Gasteiger partial charge in [-0.25, -0.2) is 9.67 Å². The van der Waals surface area contributed by atoms with E-state index in [1.54, 1.807) is 11.0 Å². The molecule has 2 aromatic rings. The largest absolute Gasteiger partial charge is 0.376 e. The normalized spacial score (nSPS) is 19.4. The number of rotatable bonds is 4. The average molecular weight is 266 g/mol. The fraction of sp³-hybridized carbons (Fsp3) is 0.600. The van der Waals surface area contributed by atoms with Crippen LogP contribution in [0.4, 0.5) is 0 Å². The molecule has 8 heteroatoms. The Morgan fingerprint density at radius 2 is 2.50 bits per heavy atom. The number of nitrogens with zero attached hydrogens (tertiary/aromatic N) is 5. The zero-order chi connectivity index (χ0) is 12.4. The van der Waals surface area contributed by atoms with Crippen LogP contribution >= 0.6 is 12.2 Å². The summed E-state index contributed by atoms with van der Waals surface area (Å²) in [6.45, 7) is 2.15. The highest BCUT2D eigenvalue weighted by Gasteiger charge is 2.18. The smallest absolute Gasteiger partial charge is 0.195 e. The summed E-state index contributed by atoms with van der Waals surface area (Å²) in [5.41, 5.74) is 0. The Kier molecular flexibility index (Phi) is 3.20. The topological polar surface area (TPSA) is 73.5 Å². The molecule has 3 heterocycles. The second-order valence-corrected chi connectivity index (χ2v) is 4.67. The molecule has 1 unspecified atom stereocenters. The van der Waals surface area contributed by atoms with Gasteiger partial charge in [0, 0.05) is 6.61 Å². The van der Waals surface area contributed by atoms with E-state index >= 15 is 0 Å².